The summed E-state index contributed by atoms with van der Waals surface area (Å²) in [5.74, 6) is 0.200. The number of para-hydroxylation sites is 1. The number of furan rings is 1. The van der Waals surface area contributed by atoms with Crippen molar-refractivity contribution in [2.75, 3.05) is 0 Å². The van der Waals surface area contributed by atoms with Crippen molar-refractivity contribution in [3.63, 3.8) is 0 Å². The van der Waals surface area contributed by atoms with E-state index >= 15 is 0 Å². The Bertz CT molecular complexity index is 564. The highest BCUT2D eigenvalue weighted by Gasteiger charge is 2.15. The van der Waals surface area contributed by atoms with Gasteiger partial charge in [0.25, 0.3) is 5.69 Å². The van der Waals surface area contributed by atoms with Gasteiger partial charge in [-0.15, -0.1) is 0 Å². The molecule has 1 aromatic heterocycles. The molecular weight excluding hydrogens is 242 g/mol. The standard InChI is InChI=1S/C11H7NO4S/c13-7-8-5-6-11(16-8)17-10-4-2-1-3-9(10)12(14)15/h1-7H. The molecule has 1 aromatic carbocycles. The molecule has 2 rings (SSSR count). The molecule has 0 amide bonds. The lowest BCUT2D eigenvalue weighted by Crippen LogP contribution is -1.89. The fourth-order valence-corrected chi connectivity index (χ4v) is 2.14. The summed E-state index contributed by atoms with van der Waals surface area (Å²) in [5.41, 5.74) is 0.0153. The monoisotopic (exact) mass is 249 g/mol. The number of hydrogen-bond acceptors (Lipinski definition) is 5. The number of hydrogen-bond donors (Lipinski definition) is 0. The van der Waals surface area contributed by atoms with Gasteiger partial charge in [0.05, 0.1) is 9.82 Å². The Labute approximate surface area is 101 Å². The van der Waals surface area contributed by atoms with E-state index in [1.807, 2.05) is 0 Å². The van der Waals surface area contributed by atoms with Crippen LogP contribution >= 0.6 is 11.8 Å². The summed E-state index contributed by atoms with van der Waals surface area (Å²) in [6.07, 6.45) is 0.587. The first-order valence-corrected chi connectivity index (χ1v) is 5.48. The topological polar surface area (TPSA) is 73.3 Å². The smallest absolute Gasteiger partial charge is 0.283 e. The molecule has 2 aromatic rings. The van der Waals surface area contributed by atoms with E-state index in [0.717, 1.165) is 11.8 Å². The highest BCUT2D eigenvalue weighted by atomic mass is 32.2. The van der Waals surface area contributed by atoms with Gasteiger partial charge in [-0.25, -0.2) is 0 Å². The number of nitrogens with zero attached hydrogens (tertiary/aromatic N) is 1. The second-order valence-corrected chi connectivity index (χ2v) is 4.15. The van der Waals surface area contributed by atoms with E-state index in [0.29, 0.717) is 16.3 Å². The molecule has 1 heterocycles. The van der Waals surface area contributed by atoms with Gasteiger partial charge in [0.1, 0.15) is 0 Å². The van der Waals surface area contributed by atoms with Gasteiger partial charge >= 0.3 is 0 Å². The molecule has 0 spiro atoms. The van der Waals surface area contributed by atoms with Crippen molar-refractivity contribution in [2.45, 2.75) is 9.99 Å². The summed E-state index contributed by atoms with van der Waals surface area (Å²) in [7, 11) is 0. The van der Waals surface area contributed by atoms with Crippen LogP contribution in [0.1, 0.15) is 10.6 Å². The molecule has 0 aliphatic heterocycles. The van der Waals surface area contributed by atoms with Crippen molar-refractivity contribution in [1.82, 2.24) is 0 Å². The van der Waals surface area contributed by atoms with Crippen molar-refractivity contribution in [3.05, 3.63) is 52.3 Å². The molecule has 0 fully saturated rings. The predicted octanol–water partition coefficient (Wildman–Crippen LogP) is 3.15. The van der Waals surface area contributed by atoms with Gasteiger partial charge in [-0.2, -0.15) is 0 Å². The Kier molecular flexibility index (Phi) is 3.24. The van der Waals surface area contributed by atoms with Crippen LogP contribution in [0.5, 0.6) is 0 Å². The Morgan fingerprint density at radius 3 is 2.65 bits per heavy atom. The Morgan fingerprint density at radius 2 is 2.00 bits per heavy atom. The van der Waals surface area contributed by atoms with Crippen molar-refractivity contribution in [1.29, 1.82) is 0 Å². The van der Waals surface area contributed by atoms with E-state index < -0.39 is 4.92 Å². The van der Waals surface area contributed by atoms with Gasteiger partial charge in [0.15, 0.2) is 17.1 Å². The van der Waals surface area contributed by atoms with Crippen LogP contribution in [-0.2, 0) is 0 Å². The molecule has 0 N–H and O–H groups in total. The van der Waals surface area contributed by atoms with Crippen molar-refractivity contribution in [3.8, 4) is 0 Å². The lowest BCUT2D eigenvalue weighted by atomic mass is 10.3. The van der Waals surface area contributed by atoms with Crippen LogP contribution in [0.25, 0.3) is 0 Å². The summed E-state index contributed by atoms with van der Waals surface area (Å²) in [6.45, 7) is 0. The number of carbonyl (C=O) groups is 1. The summed E-state index contributed by atoms with van der Waals surface area (Å²) >= 11 is 1.11. The first-order chi connectivity index (χ1) is 8.20. The fourth-order valence-electron chi connectivity index (χ4n) is 1.26. The normalized spacial score (nSPS) is 10.1. The van der Waals surface area contributed by atoms with Gasteiger partial charge in [0, 0.05) is 6.07 Å². The van der Waals surface area contributed by atoms with Crippen molar-refractivity contribution >= 4 is 23.7 Å². The lowest BCUT2D eigenvalue weighted by molar-refractivity contribution is -0.387. The fraction of sp³-hybridized carbons (Fsp3) is 0. The van der Waals surface area contributed by atoms with Crippen LogP contribution in [0.3, 0.4) is 0 Å². The molecule has 0 atom stereocenters. The third-order valence-electron chi connectivity index (χ3n) is 1.99. The number of nitro benzene ring substituents is 1. The molecule has 6 heteroatoms. The maximum Gasteiger partial charge on any atom is 0.283 e. The number of carbonyl (C=O) groups excluding carboxylic acids is 1. The van der Waals surface area contributed by atoms with Crippen molar-refractivity contribution < 1.29 is 14.1 Å². The predicted molar refractivity (Wildman–Crippen MR) is 61.3 cm³/mol. The number of benzene rings is 1. The van der Waals surface area contributed by atoms with Gasteiger partial charge in [-0.3, -0.25) is 14.9 Å². The van der Waals surface area contributed by atoms with Gasteiger partial charge in [0.2, 0.25) is 0 Å². The second kappa shape index (κ2) is 4.84. The highest BCUT2D eigenvalue weighted by Crippen LogP contribution is 2.35. The summed E-state index contributed by atoms with van der Waals surface area (Å²) in [5, 5.41) is 11.2. The highest BCUT2D eigenvalue weighted by molar-refractivity contribution is 7.99. The number of rotatable bonds is 4. The minimum absolute atomic E-state index is 0.0153. The first-order valence-electron chi connectivity index (χ1n) is 4.67. The first kappa shape index (κ1) is 11.4. The summed E-state index contributed by atoms with van der Waals surface area (Å²) in [4.78, 5) is 21.2. The van der Waals surface area contributed by atoms with Crippen LogP contribution in [0.2, 0.25) is 0 Å². The maximum atomic E-state index is 10.8. The number of aldehydes is 1. The molecule has 86 valence electrons. The van der Waals surface area contributed by atoms with Crippen LogP contribution in [0.15, 0.2) is 50.8 Å². The zero-order chi connectivity index (χ0) is 12.3. The zero-order valence-corrected chi connectivity index (χ0v) is 9.35. The van der Waals surface area contributed by atoms with Crippen LogP contribution in [0, 0.1) is 10.1 Å². The molecule has 0 radical (unpaired) electrons. The van der Waals surface area contributed by atoms with E-state index in [1.165, 1.54) is 12.1 Å². The Hall–Kier alpha value is -2.08. The largest absolute Gasteiger partial charge is 0.447 e. The third kappa shape index (κ3) is 2.54. The van der Waals surface area contributed by atoms with E-state index in [2.05, 4.69) is 0 Å². The van der Waals surface area contributed by atoms with E-state index in [1.54, 1.807) is 24.3 Å². The SMILES string of the molecule is O=Cc1ccc(Sc2ccccc2[N+](=O)[O-])o1. The number of nitro groups is 1. The molecule has 0 bridgehead atoms. The molecule has 0 unspecified atom stereocenters. The van der Waals surface area contributed by atoms with Gasteiger partial charge < -0.3 is 4.42 Å². The van der Waals surface area contributed by atoms with Crippen LogP contribution in [-0.4, -0.2) is 11.2 Å². The summed E-state index contributed by atoms with van der Waals surface area (Å²) in [6, 6.07) is 9.48. The van der Waals surface area contributed by atoms with Gasteiger partial charge in [-0.1, -0.05) is 12.1 Å². The second-order valence-electron chi connectivity index (χ2n) is 3.10. The molecule has 0 saturated carbocycles. The molecular formula is C11H7NO4S. The Balaban J connectivity index is 2.29. The molecule has 0 saturated heterocycles. The minimum atomic E-state index is -0.452. The third-order valence-corrected chi connectivity index (χ3v) is 2.98. The molecule has 0 aliphatic carbocycles. The molecule has 0 aliphatic rings. The van der Waals surface area contributed by atoms with Gasteiger partial charge in [-0.05, 0) is 30.0 Å². The molecule has 17 heavy (non-hydrogen) atoms. The van der Waals surface area contributed by atoms with E-state index in [4.69, 9.17) is 4.42 Å². The zero-order valence-electron chi connectivity index (χ0n) is 8.53. The summed E-state index contributed by atoms with van der Waals surface area (Å²) < 4.78 is 5.14. The van der Waals surface area contributed by atoms with Crippen LogP contribution in [0.4, 0.5) is 5.69 Å². The lowest BCUT2D eigenvalue weighted by Gasteiger charge is -1.99. The average molecular weight is 249 g/mol. The average Bonchev–Trinajstić information content (AvgIpc) is 2.77. The van der Waals surface area contributed by atoms with Crippen molar-refractivity contribution in [2.24, 2.45) is 0 Å². The minimum Gasteiger partial charge on any atom is -0.447 e. The van der Waals surface area contributed by atoms with E-state index in [9.17, 15) is 14.9 Å². The molecule has 5 nitrogen and oxygen atoms in total. The maximum absolute atomic E-state index is 10.8. The van der Waals surface area contributed by atoms with Crippen LogP contribution < -0.4 is 0 Å². The van der Waals surface area contributed by atoms with E-state index in [-0.39, 0.29) is 11.4 Å². The quantitative estimate of drug-likeness (QED) is 0.472. The Morgan fingerprint density at radius 1 is 1.24 bits per heavy atom.